The summed E-state index contributed by atoms with van der Waals surface area (Å²) in [6.07, 6.45) is -4.74. The van der Waals surface area contributed by atoms with Crippen molar-refractivity contribution >= 4 is 17.4 Å². The molecular weight excluding hydrogens is 245 g/mol. The SMILES string of the molecule is CC(=O)Cc1cc(Cl)cc(OC(F)(F)F)c1. The van der Waals surface area contributed by atoms with Gasteiger partial charge in [0.15, 0.2) is 0 Å². The molecule has 0 N–H and O–H groups in total. The van der Waals surface area contributed by atoms with Gasteiger partial charge in [-0.15, -0.1) is 13.2 Å². The lowest BCUT2D eigenvalue weighted by molar-refractivity contribution is -0.274. The molecule has 0 spiro atoms. The summed E-state index contributed by atoms with van der Waals surface area (Å²) in [5.74, 6) is -0.587. The Hall–Kier alpha value is -1.23. The van der Waals surface area contributed by atoms with Crippen LogP contribution in [0.3, 0.4) is 0 Å². The van der Waals surface area contributed by atoms with E-state index in [2.05, 4.69) is 4.74 Å². The third kappa shape index (κ3) is 4.53. The fraction of sp³-hybridized carbons (Fsp3) is 0.300. The number of ether oxygens (including phenoxy) is 1. The van der Waals surface area contributed by atoms with Gasteiger partial charge in [-0.2, -0.15) is 0 Å². The second-order valence-corrected chi connectivity index (χ2v) is 3.66. The van der Waals surface area contributed by atoms with Crippen LogP contribution in [0.4, 0.5) is 13.2 Å². The van der Waals surface area contributed by atoms with E-state index in [1.165, 1.54) is 13.0 Å². The number of Topliss-reactive ketones (excluding diaryl/α,β-unsaturated/α-hetero) is 1. The Morgan fingerprint density at radius 2 is 2.00 bits per heavy atom. The molecule has 0 aliphatic heterocycles. The molecule has 0 amide bonds. The Balaban J connectivity index is 2.94. The number of halogens is 4. The normalized spacial score (nSPS) is 11.3. The van der Waals surface area contributed by atoms with E-state index in [9.17, 15) is 18.0 Å². The van der Waals surface area contributed by atoms with Crippen molar-refractivity contribution in [2.24, 2.45) is 0 Å². The highest BCUT2D eigenvalue weighted by Gasteiger charge is 2.31. The molecule has 0 saturated carbocycles. The number of carbonyl (C=O) groups is 1. The monoisotopic (exact) mass is 252 g/mol. The van der Waals surface area contributed by atoms with Crippen LogP contribution < -0.4 is 4.74 Å². The summed E-state index contributed by atoms with van der Waals surface area (Å²) in [7, 11) is 0. The number of hydrogen-bond donors (Lipinski definition) is 0. The van der Waals surface area contributed by atoms with E-state index in [1.54, 1.807) is 0 Å². The lowest BCUT2D eigenvalue weighted by Gasteiger charge is -2.10. The van der Waals surface area contributed by atoms with Gasteiger partial charge in [-0.25, -0.2) is 0 Å². The third-order valence-electron chi connectivity index (χ3n) is 1.62. The fourth-order valence-electron chi connectivity index (χ4n) is 1.20. The Labute approximate surface area is 95.0 Å². The molecule has 0 atom stereocenters. The van der Waals surface area contributed by atoms with E-state index < -0.39 is 12.1 Å². The van der Waals surface area contributed by atoms with Crippen LogP contribution in [0.2, 0.25) is 5.02 Å². The van der Waals surface area contributed by atoms with Crippen LogP contribution >= 0.6 is 11.6 Å². The smallest absolute Gasteiger partial charge is 0.406 e. The van der Waals surface area contributed by atoms with Crippen LogP contribution in [0.1, 0.15) is 12.5 Å². The van der Waals surface area contributed by atoms with E-state index in [0.29, 0.717) is 5.56 Å². The van der Waals surface area contributed by atoms with Crippen LogP contribution in [0.15, 0.2) is 18.2 Å². The van der Waals surface area contributed by atoms with Gasteiger partial charge < -0.3 is 4.74 Å². The molecule has 16 heavy (non-hydrogen) atoms. The van der Waals surface area contributed by atoms with Crippen LogP contribution in [0, 0.1) is 0 Å². The van der Waals surface area contributed by atoms with Gasteiger partial charge in [-0.05, 0) is 30.7 Å². The minimum Gasteiger partial charge on any atom is -0.406 e. The van der Waals surface area contributed by atoms with E-state index >= 15 is 0 Å². The van der Waals surface area contributed by atoms with Gasteiger partial charge in [-0.3, -0.25) is 4.79 Å². The van der Waals surface area contributed by atoms with Crippen molar-refractivity contribution in [3.8, 4) is 5.75 Å². The molecule has 1 aromatic rings. The molecule has 0 bridgehead atoms. The first-order valence-corrected chi connectivity index (χ1v) is 4.69. The zero-order valence-corrected chi connectivity index (χ0v) is 9.02. The van der Waals surface area contributed by atoms with Crippen LogP contribution in [-0.2, 0) is 11.2 Å². The summed E-state index contributed by atoms with van der Waals surface area (Å²) >= 11 is 5.60. The fourth-order valence-corrected chi connectivity index (χ4v) is 1.45. The van der Waals surface area contributed by atoms with Crippen molar-refractivity contribution in [3.05, 3.63) is 28.8 Å². The standard InChI is InChI=1S/C10H8ClF3O2/c1-6(15)2-7-3-8(11)5-9(4-7)16-10(12,13)14/h3-5H,2H2,1H3. The van der Waals surface area contributed by atoms with Gasteiger partial charge in [0.2, 0.25) is 0 Å². The maximum absolute atomic E-state index is 11.9. The second-order valence-electron chi connectivity index (χ2n) is 3.22. The number of carbonyl (C=O) groups excluding carboxylic acids is 1. The zero-order valence-electron chi connectivity index (χ0n) is 8.27. The third-order valence-corrected chi connectivity index (χ3v) is 1.84. The Kier molecular flexibility index (Phi) is 3.80. The number of hydrogen-bond acceptors (Lipinski definition) is 2. The molecule has 1 aromatic carbocycles. The molecule has 0 radical (unpaired) electrons. The molecule has 0 heterocycles. The van der Waals surface area contributed by atoms with Gasteiger partial charge in [0, 0.05) is 11.4 Å². The Morgan fingerprint density at radius 1 is 1.38 bits per heavy atom. The molecule has 6 heteroatoms. The topological polar surface area (TPSA) is 26.3 Å². The average Bonchev–Trinajstić information content (AvgIpc) is 1.96. The van der Waals surface area contributed by atoms with Crippen LogP contribution in [0.5, 0.6) is 5.75 Å². The number of rotatable bonds is 3. The van der Waals surface area contributed by atoms with Gasteiger partial charge in [-0.1, -0.05) is 11.6 Å². The highest BCUT2D eigenvalue weighted by molar-refractivity contribution is 6.30. The number of alkyl halides is 3. The van der Waals surface area contributed by atoms with Gasteiger partial charge >= 0.3 is 6.36 Å². The molecule has 88 valence electrons. The van der Waals surface area contributed by atoms with E-state index in [-0.39, 0.29) is 17.2 Å². The molecule has 0 unspecified atom stereocenters. The maximum atomic E-state index is 11.9. The predicted octanol–water partition coefficient (Wildman–Crippen LogP) is 3.37. The van der Waals surface area contributed by atoms with Crippen molar-refractivity contribution in [2.45, 2.75) is 19.7 Å². The molecule has 0 saturated heterocycles. The van der Waals surface area contributed by atoms with Crippen molar-refractivity contribution in [1.82, 2.24) is 0 Å². The van der Waals surface area contributed by atoms with E-state index in [0.717, 1.165) is 12.1 Å². The highest BCUT2D eigenvalue weighted by atomic mass is 35.5. The summed E-state index contributed by atoms with van der Waals surface area (Å²) in [5.41, 5.74) is 0.388. The zero-order chi connectivity index (χ0) is 12.3. The molecule has 0 fully saturated rings. The van der Waals surface area contributed by atoms with Crippen molar-refractivity contribution in [3.63, 3.8) is 0 Å². The molecular formula is C10H8ClF3O2. The highest BCUT2D eigenvalue weighted by Crippen LogP contribution is 2.27. The minimum absolute atomic E-state index is 0.0226. The quantitative estimate of drug-likeness (QED) is 0.824. The van der Waals surface area contributed by atoms with Gasteiger partial charge in [0.1, 0.15) is 11.5 Å². The first kappa shape index (κ1) is 12.8. The average molecular weight is 253 g/mol. The van der Waals surface area contributed by atoms with Crippen LogP contribution in [0.25, 0.3) is 0 Å². The Morgan fingerprint density at radius 3 is 2.50 bits per heavy atom. The molecule has 0 aromatic heterocycles. The van der Waals surface area contributed by atoms with Crippen molar-refractivity contribution in [1.29, 1.82) is 0 Å². The Bertz CT molecular complexity index is 402. The number of benzene rings is 1. The summed E-state index contributed by atoms with van der Waals surface area (Å²) in [5, 5.41) is 0.0954. The van der Waals surface area contributed by atoms with Crippen molar-refractivity contribution in [2.75, 3.05) is 0 Å². The molecule has 1 rings (SSSR count). The van der Waals surface area contributed by atoms with Crippen molar-refractivity contribution < 1.29 is 22.7 Å². The summed E-state index contributed by atoms with van der Waals surface area (Å²) < 4.78 is 39.5. The lowest BCUT2D eigenvalue weighted by Crippen LogP contribution is -2.17. The van der Waals surface area contributed by atoms with E-state index in [4.69, 9.17) is 11.6 Å². The van der Waals surface area contributed by atoms with E-state index in [1.807, 2.05) is 0 Å². The van der Waals surface area contributed by atoms with Crippen LogP contribution in [-0.4, -0.2) is 12.1 Å². The summed E-state index contributed by atoms with van der Waals surface area (Å²) in [6.45, 7) is 1.34. The lowest BCUT2D eigenvalue weighted by atomic mass is 10.1. The predicted molar refractivity (Wildman–Crippen MR) is 52.5 cm³/mol. The maximum Gasteiger partial charge on any atom is 0.573 e. The summed E-state index contributed by atoms with van der Waals surface area (Å²) in [6, 6.07) is 3.60. The minimum atomic E-state index is -4.77. The number of ketones is 1. The first-order chi connectivity index (χ1) is 7.26. The second kappa shape index (κ2) is 4.74. The molecule has 0 aliphatic carbocycles. The largest absolute Gasteiger partial charge is 0.573 e. The summed E-state index contributed by atoms with van der Waals surface area (Å²) in [4.78, 5) is 10.8. The van der Waals surface area contributed by atoms with Gasteiger partial charge in [0.25, 0.3) is 0 Å². The molecule has 2 nitrogen and oxygen atoms in total. The molecule has 0 aliphatic rings. The first-order valence-electron chi connectivity index (χ1n) is 4.31. The van der Waals surface area contributed by atoms with Gasteiger partial charge in [0.05, 0.1) is 0 Å².